The summed E-state index contributed by atoms with van der Waals surface area (Å²) in [5.74, 6) is 0. The number of hydrogen-bond acceptors (Lipinski definition) is 5. The fraction of sp³-hybridized carbons (Fsp3) is 0.522. The minimum absolute atomic E-state index is 0.0198. The van der Waals surface area contributed by atoms with Crippen molar-refractivity contribution in [3.8, 4) is 0 Å². The lowest BCUT2D eigenvalue weighted by atomic mass is 9.69. The van der Waals surface area contributed by atoms with E-state index in [1.807, 2.05) is 12.4 Å². The van der Waals surface area contributed by atoms with E-state index in [9.17, 15) is 5.11 Å². The average Bonchev–Trinajstić information content (AvgIpc) is 3.03. The monoisotopic (exact) mass is 380 g/mol. The van der Waals surface area contributed by atoms with E-state index in [-0.39, 0.29) is 11.1 Å². The third kappa shape index (κ3) is 3.72. The van der Waals surface area contributed by atoms with Crippen LogP contribution in [-0.4, -0.2) is 59.0 Å². The Morgan fingerprint density at radius 2 is 1.75 bits per heavy atom. The Balaban J connectivity index is 1.42. The highest BCUT2D eigenvalue weighted by atomic mass is 16.3. The number of hydrogen-bond donors (Lipinski definition) is 2. The van der Waals surface area contributed by atoms with Crippen LogP contribution in [0.3, 0.4) is 0 Å². The molecule has 1 aliphatic carbocycles. The van der Waals surface area contributed by atoms with Crippen LogP contribution in [0.2, 0.25) is 0 Å². The fourth-order valence-corrected chi connectivity index (χ4v) is 5.10. The van der Waals surface area contributed by atoms with Crippen LogP contribution in [0.4, 0.5) is 0 Å². The average molecular weight is 381 g/mol. The molecule has 0 radical (unpaired) electrons. The van der Waals surface area contributed by atoms with Crippen LogP contribution in [0.15, 0.2) is 54.9 Å². The maximum absolute atomic E-state index is 10.6. The summed E-state index contributed by atoms with van der Waals surface area (Å²) >= 11 is 0. The van der Waals surface area contributed by atoms with Gasteiger partial charge in [-0.05, 0) is 69.5 Å². The van der Waals surface area contributed by atoms with Crippen LogP contribution >= 0.6 is 0 Å². The third-order valence-corrected chi connectivity index (χ3v) is 6.93. The molecule has 5 nitrogen and oxygen atoms in total. The second kappa shape index (κ2) is 7.91. The van der Waals surface area contributed by atoms with Crippen LogP contribution < -0.4 is 5.32 Å². The van der Waals surface area contributed by atoms with Crippen molar-refractivity contribution in [2.75, 3.05) is 27.2 Å². The van der Waals surface area contributed by atoms with Gasteiger partial charge in [-0.15, -0.1) is 0 Å². The molecule has 1 unspecified atom stereocenters. The molecule has 150 valence electrons. The first-order valence-electron chi connectivity index (χ1n) is 10.3. The zero-order valence-corrected chi connectivity index (χ0v) is 17.0. The Labute approximate surface area is 168 Å². The van der Waals surface area contributed by atoms with Crippen molar-refractivity contribution < 1.29 is 5.11 Å². The van der Waals surface area contributed by atoms with Crippen molar-refractivity contribution in [2.24, 2.45) is 0 Å². The van der Waals surface area contributed by atoms with Crippen molar-refractivity contribution in [3.63, 3.8) is 0 Å². The molecule has 5 heteroatoms. The first kappa shape index (κ1) is 19.5. The number of rotatable bonds is 5. The maximum atomic E-state index is 10.6. The predicted molar refractivity (Wildman–Crippen MR) is 112 cm³/mol. The van der Waals surface area contributed by atoms with E-state index in [2.05, 4.69) is 76.7 Å². The molecule has 2 fully saturated rings. The summed E-state index contributed by atoms with van der Waals surface area (Å²) in [5.41, 5.74) is 2.78. The molecule has 1 atom stereocenters. The third-order valence-electron chi connectivity index (χ3n) is 6.93. The zero-order chi connectivity index (χ0) is 19.6. The lowest BCUT2D eigenvalue weighted by Crippen LogP contribution is -2.54. The van der Waals surface area contributed by atoms with Gasteiger partial charge in [0.1, 0.15) is 0 Å². The van der Waals surface area contributed by atoms with Gasteiger partial charge >= 0.3 is 0 Å². The van der Waals surface area contributed by atoms with Gasteiger partial charge in [0.15, 0.2) is 6.35 Å². The van der Waals surface area contributed by atoms with Gasteiger partial charge in [-0.25, -0.2) is 0 Å². The van der Waals surface area contributed by atoms with Gasteiger partial charge in [-0.2, -0.15) is 0 Å². The number of benzene rings is 1. The fourth-order valence-electron chi connectivity index (χ4n) is 5.10. The quantitative estimate of drug-likeness (QED) is 0.835. The number of nitrogens with zero attached hydrogens (tertiary/aromatic N) is 3. The maximum Gasteiger partial charge on any atom is 0.163 e. The highest BCUT2D eigenvalue weighted by Crippen LogP contribution is 2.46. The second-order valence-corrected chi connectivity index (χ2v) is 8.67. The van der Waals surface area contributed by atoms with Crippen LogP contribution in [-0.2, 0) is 12.0 Å². The smallest absolute Gasteiger partial charge is 0.163 e. The summed E-state index contributed by atoms with van der Waals surface area (Å²) in [4.78, 5) is 8.66. The largest absolute Gasteiger partial charge is 0.365 e. The van der Waals surface area contributed by atoms with E-state index >= 15 is 0 Å². The Bertz CT molecular complexity index is 757. The summed E-state index contributed by atoms with van der Waals surface area (Å²) in [7, 11) is 4.39. The van der Waals surface area contributed by atoms with Gasteiger partial charge in [-0.1, -0.05) is 30.3 Å². The predicted octanol–water partition coefficient (Wildman–Crippen LogP) is 2.58. The molecule has 1 saturated carbocycles. The summed E-state index contributed by atoms with van der Waals surface area (Å²) in [6.45, 7) is 1.77. The highest BCUT2D eigenvalue weighted by molar-refractivity contribution is 5.26. The second-order valence-electron chi connectivity index (χ2n) is 8.67. The van der Waals surface area contributed by atoms with E-state index in [1.54, 1.807) is 0 Å². The molecule has 1 aliphatic heterocycles. The van der Waals surface area contributed by atoms with Crippen molar-refractivity contribution in [2.45, 2.75) is 49.5 Å². The zero-order valence-electron chi connectivity index (χ0n) is 17.0. The molecule has 28 heavy (non-hydrogen) atoms. The van der Waals surface area contributed by atoms with Crippen molar-refractivity contribution in [3.05, 3.63) is 66.0 Å². The van der Waals surface area contributed by atoms with Crippen LogP contribution in [0.5, 0.6) is 0 Å². The normalized spacial score (nSPS) is 30.9. The van der Waals surface area contributed by atoms with Crippen LogP contribution in [0.1, 0.15) is 36.8 Å². The van der Waals surface area contributed by atoms with E-state index in [0.29, 0.717) is 0 Å². The van der Waals surface area contributed by atoms with E-state index < -0.39 is 6.35 Å². The van der Waals surface area contributed by atoms with Crippen LogP contribution in [0, 0.1) is 0 Å². The molecular formula is C23H32N4O. The van der Waals surface area contributed by atoms with E-state index in [0.717, 1.165) is 45.2 Å². The van der Waals surface area contributed by atoms with E-state index in [1.165, 1.54) is 11.1 Å². The number of nitrogens with one attached hydrogen (secondary N) is 1. The molecule has 2 heterocycles. The Kier molecular flexibility index (Phi) is 5.52. The van der Waals surface area contributed by atoms with Gasteiger partial charge in [-0.3, -0.25) is 20.1 Å². The van der Waals surface area contributed by atoms with E-state index in [4.69, 9.17) is 0 Å². The van der Waals surface area contributed by atoms with Gasteiger partial charge in [0, 0.05) is 36.6 Å². The Morgan fingerprint density at radius 1 is 1.07 bits per heavy atom. The first-order chi connectivity index (χ1) is 13.5. The molecule has 4 rings (SSSR count). The SMILES string of the molecule is CN(C)[C@]1(c2ccccc2)CC[C@]2(CC1)CN(CCc1ccncc1)C(O)N2. The number of aliphatic hydroxyl groups excluding tert-OH is 1. The van der Waals surface area contributed by atoms with Crippen molar-refractivity contribution in [1.82, 2.24) is 20.1 Å². The molecule has 1 spiro atoms. The number of pyridine rings is 1. The Morgan fingerprint density at radius 3 is 2.39 bits per heavy atom. The minimum Gasteiger partial charge on any atom is -0.365 e. The molecule has 2 N–H and O–H groups in total. The summed E-state index contributed by atoms with van der Waals surface area (Å²) in [6.07, 6.45) is 8.39. The number of aliphatic hydroxyl groups is 1. The Hall–Kier alpha value is -1.79. The van der Waals surface area contributed by atoms with Gasteiger partial charge in [0.25, 0.3) is 0 Å². The standard InChI is InChI=1S/C23H32N4O/c1-26(2)23(20-6-4-3-5-7-20)13-11-22(12-14-23)18-27(21(28)25-22)17-10-19-8-15-24-16-9-19/h3-9,15-16,21,25,28H,10-14,17-18H2,1-2H3/t21?,22-,23+. The summed E-state index contributed by atoms with van der Waals surface area (Å²) in [5, 5.41) is 14.2. The van der Waals surface area contributed by atoms with Gasteiger partial charge in [0.2, 0.25) is 0 Å². The highest BCUT2D eigenvalue weighted by Gasteiger charge is 2.49. The van der Waals surface area contributed by atoms with Crippen LogP contribution in [0.25, 0.3) is 0 Å². The lowest BCUT2D eigenvalue weighted by Gasteiger charge is -2.49. The molecule has 2 aliphatic rings. The molecule has 1 aromatic carbocycles. The van der Waals surface area contributed by atoms with Crippen molar-refractivity contribution in [1.29, 1.82) is 0 Å². The van der Waals surface area contributed by atoms with Crippen molar-refractivity contribution >= 4 is 0 Å². The summed E-state index contributed by atoms with van der Waals surface area (Å²) in [6, 6.07) is 15.0. The molecular weight excluding hydrogens is 348 g/mol. The number of aromatic nitrogens is 1. The first-order valence-corrected chi connectivity index (χ1v) is 10.3. The summed E-state index contributed by atoms with van der Waals surface area (Å²) < 4.78 is 0. The molecule has 0 amide bonds. The topological polar surface area (TPSA) is 51.6 Å². The molecule has 2 aromatic rings. The molecule has 1 saturated heterocycles. The van der Waals surface area contributed by atoms with Gasteiger partial charge < -0.3 is 5.11 Å². The lowest BCUT2D eigenvalue weighted by molar-refractivity contribution is 0.0175. The molecule has 0 bridgehead atoms. The van der Waals surface area contributed by atoms with Gasteiger partial charge in [0.05, 0.1) is 0 Å². The minimum atomic E-state index is -0.551. The molecule has 1 aromatic heterocycles.